The van der Waals surface area contributed by atoms with E-state index in [-0.39, 0.29) is 12.5 Å². The van der Waals surface area contributed by atoms with Gasteiger partial charge in [-0.15, -0.1) is 0 Å². The van der Waals surface area contributed by atoms with Crippen molar-refractivity contribution < 1.29 is 18.7 Å². The van der Waals surface area contributed by atoms with E-state index in [1.807, 2.05) is 0 Å². The van der Waals surface area contributed by atoms with Gasteiger partial charge in [0.2, 0.25) is 0 Å². The third-order valence-corrected chi connectivity index (χ3v) is 3.96. The molecule has 0 spiro atoms. The number of amides is 1. The van der Waals surface area contributed by atoms with Gasteiger partial charge in [0.15, 0.2) is 0 Å². The smallest absolute Gasteiger partial charge is 0.314 e. The molecule has 1 heterocycles. The van der Waals surface area contributed by atoms with Crippen LogP contribution in [0, 0.1) is 19.7 Å². The maximum Gasteiger partial charge on any atom is 0.314 e. The van der Waals surface area contributed by atoms with Gasteiger partial charge in [0, 0.05) is 19.3 Å². The molecule has 0 bridgehead atoms. The van der Waals surface area contributed by atoms with Gasteiger partial charge in [-0.05, 0) is 31.5 Å². The van der Waals surface area contributed by atoms with Gasteiger partial charge < -0.3 is 10.1 Å². The van der Waals surface area contributed by atoms with Crippen LogP contribution in [0.25, 0.3) is 0 Å². The minimum absolute atomic E-state index is 0.0465. The molecular weight excluding hydrogens is 313 g/mol. The standard InChI is InChI=1S/C17H20FN3O3/c1-10-15(11(2)21(3)20-10)16(22)19-9-14(17(23)24-4)12-5-7-13(18)8-6-12/h5-8,14H,9H2,1-4H3,(H,19,22)/t14-/m0/s1. The van der Waals surface area contributed by atoms with Gasteiger partial charge in [-0.2, -0.15) is 5.10 Å². The number of aromatic nitrogens is 2. The highest BCUT2D eigenvalue weighted by molar-refractivity contribution is 5.96. The second-order valence-corrected chi connectivity index (χ2v) is 5.51. The molecule has 0 unspecified atom stereocenters. The van der Waals surface area contributed by atoms with Gasteiger partial charge in [0.25, 0.3) is 5.91 Å². The second-order valence-electron chi connectivity index (χ2n) is 5.51. The Morgan fingerprint density at radius 1 is 1.29 bits per heavy atom. The van der Waals surface area contributed by atoms with Crippen LogP contribution in [0.2, 0.25) is 0 Å². The van der Waals surface area contributed by atoms with Crippen LogP contribution in [-0.4, -0.2) is 35.3 Å². The Hall–Kier alpha value is -2.70. The molecule has 0 saturated heterocycles. The first-order chi connectivity index (χ1) is 11.3. The lowest BCUT2D eigenvalue weighted by Gasteiger charge is -2.16. The first-order valence-electron chi connectivity index (χ1n) is 7.46. The van der Waals surface area contributed by atoms with Gasteiger partial charge in [0.1, 0.15) is 5.82 Å². The third kappa shape index (κ3) is 3.61. The number of halogens is 1. The number of hydrogen-bond acceptors (Lipinski definition) is 4. The van der Waals surface area contributed by atoms with Crippen LogP contribution in [0.15, 0.2) is 24.3 Å². The maximum atomic E-state index is 13.1. The Labute approximate surface area is 139 Å². The molecule has 1 amide bonds. The molecule has 1 aromatic carbocycles. The highest BCUT2D eigenvalue weighted by atomic mass is 19.1. The second kappa shape index (κ2) is 7.25. The average Bonchev–Trinajstić information content (AvgIpc) is 2.81. The summed E-state index contributed by atoms with van der Waals surface area (Å²) < 4.78 is 19.5. The summed E-state index contributed by atoms with van der Waals surface area (Å²) in [6.07, 6.45) is 0. The van der Waals surface area contributed by atoms with Crippen LogP contribution in [0.1, 0.15) is 33.2 Å². The largest absolute Gasteiger partial charge is 0.468 e. The Morgan fingerprint density at radius 2 is 1.92 bits per heavy atom. The van der Waals surface area contributed by atoms with E-state index in [1.165, 1.54) is 31.4 Å². The molecule has 7 heteroatoms. The SMILES string of the molecule is COC(=O)[C@@H](CNC(=O)c1c(C)nn(C)c1C)c1ccc(F)cc1. The van der Waals surface area contributed by atoms with Crippen LogP contribution in [0.5, 0.6) is 0 Å². The number of esters is 1. The van der Waals surface area contributed by atoms with E-state index in [1.54, 1.807) is 25.6 Å². The molecule has 0 aliphatic carbocycles. The number of carbonyl (C=O) groups excluding carboxylic acids is 2. The van der Waals surface area contributed by atoms with E-state index in [9.17, 15) is 14.0 Å². The van der Waals surface area contributed by atoms with E-state index in [4.69, 9.17) is 4.74 Å². The molecule has 1 atom stereocenters. The highest BCUT2D eigenvalue weighted by Gasteiger charge is 2.24. The first-order valence-corrected chi connectivity index (χ1v) is 7.46. The predicted octanol–water partition coefficient (Wildman–Crippen LogP) is 1.86. The van der Waals surface area contributed by atoms with Crippen LogP contribution in [-0.2, 0) is 16.6 Å². The van der Waals surface area contributed by atoms with Crippen molar-refractivity contribution in [3.8, 4) is 0 Å². The number of nitrogens with zero attached hydrogens (tertiary/aromatic N) is 2. The Bertz CT molecular complexity index is 753. The number of nitrogens with one attached hydrogen (secondary N) is 1. The molecule has 0 aliphatic heterocycles. The fraction of sp³-hybridized carbons (Fsp3) is 0.353. The number of rotatable bonds is 5. The van der Waals surface area contributed by atoms with Crippen LogP contribution < -0.4 is 5.32 Å². The lowest BCUT2D eigenvalue weighted by molar-refractivity contribution is -0.142. The zero-order chi connectivity index (χ0) is 17.9. The summed E-state index contributed by atoms with van der Waals surface area (Å²) in [6.45, 7) is 3.59. The molecule has 2 aromatic rings. The van der Waals surface area contributed by atoms with E-state index in [0.717, 1.165) is 5.69 Å². The number of benzene rings is 1. The van der Waals surface area contributed by atoms with Crippen molar-refractivity contribution in [3.63, 3.8) is 0 Å². The first kappa shape index (κ1) is 17.7. The van der Waals surface area contributed by atoms with Gasteiger partial charge in [-0.1, -0.05) is 12.1 Å². The number of carbonyl (C=O) groups is 2. The lowest BCUT2D eigenvalue weighted by atomic mass is 9.99. The molecule has 6 nitrogen and oxygen atoms in total. The summed E-state index contributed by atoms with van der Waals surface area (Å²) in [4.78, 5) is 24.4. The summed E-state index contributed by atoms with van der Waals surface area (Å²) in [5.74, 6) is -1.92. The fourth-order valence-corrected chi connectivity index (χ4v) is 2.56. The molecule has 2 rings (SSSR count). The van der Waals surface area contributed by atoms with E-state index >= 15 is 0 Å². The van der Waals surface area contributed by atoms with Gasteiger partial charge in [0.05, 0.1) is 24.3 Å². The number of methoxy groups -OCH3 is 1. The van der Waals surface area contributed by atoms with Crippen molar-refractivity contribution in [2.45, 2.75) is 19.8 Å². The molecular formula is C17H20FN3O3. The number of ether oxygens (including phenoxy) is 1. The van der Waals surface area contributed by atoms with Gasteiger partial charge in [-0.25, -0.2) is 4.39 Å². The van der Waals surface area contributed by atoms with E-state index in [0.29, 0.717) is 16.8 Å². The molecule has 0 radical (unpaired) electrons. The summed E-state index contributed by atoms with van der Waals surface area (Å²) in [6, 6.07) is 5.54. The Morgan fingerprint density at radius 3 is 2.42 bits per heavy atom. The predicted molar refractivity (Wildman–Crippen MR) is 86.2 cm³/mol. The lowest BCUT2D eigenvalue weighted by Crippen LogP contribution is -2.32. The van der Waals surface area contributed by atoms with Crippen molar-refractivity contribution in [2.24, 2.45) is 7.05 Å². The zero-order valence-corrected chi connectivity index (χ0v) is 14.1. The van der Waals surface area contributed by atoms with Crippen LogP contribution in [0.4, 0.5) is 4.39 Å². The zero-order valence-electron chi connectivity index (χ0n) is 14.1. The molecule has 1 aromatic heterocycles. The quantitative estimate of drug-likeness (QED) is 0.848. The molecule has 128 valence electrons. The highest BCUT2D eigenvalue weighted by Crippen LogP contribution is 2.18. The summed E-state index contributed by atoms with van der Waals surface area (Å²) >= 11 is 0. The van der Waals surface area contributed by atoms with Crippen molar-refractivity contribution in [1.82, 2.24) is 15.1 Å². The third-order valence-electron chi connectivity index (χ3n) is 3.96. The average molecular weight is 333 g/mol. The molecule has 0 saturated carbocycles. The van der Waals surface area contributed by atoms with Gasteiger partial charge in [-0.3, -0.25) is 14.3 Å². The molecule has 24 heavy (non-hydrogen) atoms. The monoisotopic (exact) mass is 333 g/mol. The Balaban J connectivity index is 2.17. The van der Waals surface area contributed by atoms with Crippen molar-refractivity contribution in [1.29, 1.82) is 0 Å². The summed E-state index contributed by atoms with van der Waals surface area (Å²) in [5.41, 5.74) is 2.41. The number of aryl methyl sites for hydroxylation is 2. The maximum absolute atomic E-state index is 13.1. The van der Waals surface area contributed by atoms with Gasteiger partial charge >= 0.3 is 5.97 Å². The minimum atomic E-state index is -0.711. The van der Waals surface area contributed by atoms with E-state index < -0.39 is 17.7 Å². The Kier molecular flexibility index (Phi) is 5.33. The normalized spacial score (nSPS) is 11.9. The van der Waals surface area contributed by atoms with Crippen molar-refractivity contribution in [2.75, 3.05) is 13.7 Å². The van der Waals surface area contributed by atoms with Crippen molar-refractivity contribution >= 4 is 11.9 Å². The summed E-state index contributed by atoms with van der Waals surface area (Å²) in [5, 5.41) is 6.94. The molecule has 0 aliphatic rings. The topological polar surface area (TPSA) is 73.2 Å². The molecule has 1 N–H and O–H groups in total. The van der Waals surface area contributed by atoms with E-state index in [2.05, 4.69) is 10.4 Å². The van der Waals surface area contributed by atoms with Crippen LogP contribution >= 0.6 is 0 Å². The van der Waals surface area contributed by atoms with Crippen LogP contribution in [0.3, 0.4) is 0 Å². The fourth-order valence-electron chi connectivity index (χ4n) is 2.56. The van der Waals surface area contributed by atoms with Crippen molar-refractivity contribution in [3.05, 3.63) is 52.6 Å². The summed E-state index contributed by atoms with van der Waals surface area (Å²) in [7, 11) is 3.03. The molecule has 0 fully saturated rings. The number of hydrogen-bond donors (Lipinski definition) is 1. The minimum Gasteiger partial charge on any atom is -0.468 e.